The van der Waals surface area contributed by atoms with E-state index in [-0.39, 0.29) is 0 Å². The second-order valence-corrected chi connectivity index (χ2v) is 2.94. The number of hydrogen-bond acceptors (Lipinski definition) is 2. The van der Waals surface area contributed by atoms with Crippen LogP contribution < -0.4 is 5.73 Å². The van der Waals surface area contributed by atoms with Gasteiger partial charge in [0.25, 0.3) is 0 Å². The monoisotopic (exact) mass is 167 g/mol. The maximum atomic E-state index is 5.45. The molecule has 3 nitrogen and oxygen atoms in total. The van der Waals surface area contributed by atoms with Crippen LogP contribution >= 0.6 is 0 Å². The fourth-order valence-corrected chi connectivity index (χ4v) is 1.35. The first-order valence-corrected chi connectivity index (χ1v) is 4.50. The number of nitrogens with zero attached hydrogens (tertiary/aromatic N) is 2. The molecule has 0 bridgehead atoms. The molecule has 0 aliphatic heterocycles. The van der Waals surface area contributed by atoms with Crippen LogP contribution in [0.2, 0.25) is 0 Å². The Balaban J connectivity index is 2.72. The average Bonchev–Trinajstić information content (AvgIpc) is 2.43. The second-order valence-electron chi connectivity index (χ2n) is 2.94. The van der Waals surface area contributed by atoms with E-state index in [1.165, 1.54) is 5.69 Å². The number of imidazole rings is 1. The highest BCUT2D eigenvalue weighted by Gasteiger charge is 2.02. The summed E-state index contributed by atoms with van der Waals surface area (Å²) in [5.41, 5.74) is 6.76. The molecule has 1 aromatic heterocycles. The fraction of sp³-hybridized carbons (Fsp3) is 0.667. The van der Waals surface area contributed by atoms with Gasteiger partial charge in [-0.2, -0.15) is 0 Å². The Kier molecular flexibility index (Phi) is 3.29. The molecule has 0 amide bonds. The van der Waals surface area contributed by atoms with Crippen LogP contribution in [0.1, 0.15) is 24.9 Å². The van der Waals surface area contributed by atoms with E-state index in [9.17, 15) is 0 Å². The summed E-state index contributed by atoms with van der Waals surface area (Å²) >= 11 is 0. The summed E-state index contributed by atoms with van der Waals surface area (Å²) in [6, 6.07) is 0. The predicted molar refractivity (Wildman–Crippen MR) is 50.0 cm³/mol. The van der Waals surface area contributed by atoms with Crippen molar-refractivity contribution < 1.29 is 0 Å². The molecule has 0 unspecified atom stereocenters. The third kappa shape index (κ3) is 1.85. The number of aromatic nitrogens is 2. The summed E-state index contributed by atoms with van der Waals surface area (Å²) in [7, 11) is 0. The molecule has 1 aromatic rings. The minimum atomic E-state index is 0.751. The highest BCUT2D eigenvalue weighted by Crippen LogP contribution is 2.05. The molecular formula is C9H17N3. The van der Waals surface area contributed by atoms with Crippen LogP contribution in [-0.4, -0.2) is 16.1 Å². The number of rotatable bonds is 4. The molecule has 0 fully saturated rings. The molecule has 0 atom stereocenters. The van der Waals surface area contributed by atoms with E-state index in [4.69, 9.17) is 5.73 Å². The van der Waals surface area contributed by atoms with Crippen molar-refractivity contribution in [1.29, 1.82) is 0 Å². The predicted octanol–water partition coefficient (Wildman–Crippen LogP) is 1.10. The molecule has 0 aliphatic carbocycles. The minimum Gasteiger partial charge on any atom is -0.332 e. The Morgan fingerprint density at radius 1 is 1.58 bits per heavy atom. The Morgan fingerprint density at radius 3 is 2.92 bits per heavy atom. The van der Waals surface area contributed by atoms with Gasteiger partial charge in [-0.3, -0.25) is 0 Å². The van der Waals surface area contributed by atoms with E-state index in [0.717, 1.165) is 31.8 Å². The SMILES string of the molecule is CCc1cnc(C)n1CCCN. The Morgan fingerprint density at radius 2 is 2.33 bits per heavy atom. The Hall–Kier alpha value is -0.830. The topological polar surface area (TPSA) is 43.8 Å². The molecule has 0 saturated carbocycles. The molecule has 0 spiro atoms. The maximum absolute atomic E-state index is 5.45. The number of hydrogen-bond donors (Lipinski definition) is 1. The quantitative estimate of drug-likeness (QED) is 0.730. The van der Waals surface area contributed by atoms with Gasteiger partial charge >= 0.3 is 0 Å². The van der Waals surface area contributed by atoms with Gasteiger partial charge in [0.05, 0.1) is 0 Å². The first kappa shape index (κ1) is 9.26. The molecule has 3 heteroatoms. The van der Waals surface area contributed by atoms with Crippen molar-refractivity contribution in [1.82, 2.24) is 9.55 Å². The van der Waals surface area contributed by atoms with Gasteiger partial charge in [-0.25, -0.2) is 4.98 Å². The summed E-state index contributed by atoms with van der Waals surface area (Å²) in [6.45, 7) is 5.94. The van der Waals surface area contributed by atoms with Gasteiger partial charge in [-0.05, 0) is 26.3 Å². The maximum Gasteiger partial charge on any atom is 0.105 e. The molecule has 0 aromatic carbocycles. The van der Waals surface area contributed by atoms with E-state index >= 15 is 0 Å². The van der Waals surface area contributed by atoms with Crippen LogP contribution in [0, 0.1) is 6.92 Å². The van der Waals surface area contributed by atoms with Crippen LogP contribution in [0.3, 0.4) is 0 Å². The van der Waals surface area contributed by atoms with Crippen molar-refractivity contribution in [3.8, 4) is 0 Å². The van der Waals surface area contributed by atoms with Gasteiger partial charge < -0.3 is 10.3 Å². The molecule has 0 saturated heterocycles. The zero-order valence-electron chi connectivity index (χ0n) is 7.88. The largest absolute Gasteiger partial charge is 0.332 e. The lowest BCUT2D eigenvalue weighted by atomic mass is 10.3. The van der Waals surface area contributed by atoms with Crippen molar-refractivity contribution >= 4 is 0 Å². The van der Waals surface area contributed by atoms with Crippen LogP contribution in [0.15, 0.2) is 6.20 Å². The molecule has 0 radical (unpaired) electrons. The van der Waals surface area contributed by atoms with E-state index < -0.39 is 0 Å². The first-order chi connectivity index (χ1) is 5.79. The van der Waals surface area contributed by atoms with Gasteiger partial charge in [0.1, 0.15) is 5.82 Å². The van der Waals surface area contributed by atoms with E-state index in [0.29, 0.717) is 0 Å². The van der Waals surface area contributed by atoms with Crippen molar-refractivity contribution in [3.63, 3.8) is 0 Å². The molecule has 68 valence electrons. The molecule has 1 heterocycles. The summed E-state index contributed by atoms with van der Waals surface area (Å²) in [5, 5.41) is 0. The lowest BCUT2D eigenvalue weighted by Gasteiger charge is -2.07. The summed E-state index contributed by atoms with van der Waals surface area (Å²) in [5.74, 6) is 1.10. The van der Waals surface area contributed by atoms with Crippen LogP contribution in [0.25, 0.3) is 0 Å². The van der Waals surface area contributed by atoms with Crippen molar-refractivity contribution in [2.24, 2.45) is 5.73 Å². The lowest BCUT2D eigenvalue weighted by Crippen LogP contribution is -2.09. The summed E-state index contributed by atoms with van der Waals surface area (Å²) < 4.78 is 2.24. The molecular weight excluding hydrogens is 150 g/mol. The zero-order valence-corrected chi connectivity index (χ0v) is 7.88. The van der Waals surface area contributed by atoms with Crippen molar-refractivity contribution in [2.45, 2.75) is 33.2 Å². The number of nitrogens with two attached hydrogens (primary N) is 1. The van der Waals surface area contributed by atoms with Gasteiger partial charge in [0.2, 0.25) is 0 Å². The fourth-order valence-electron chi connectivity index (χ4n) is 1.35. The summed E-state index contributed by atoms with van der Waals surface area (Å²) in [4.78, 5) is 4.26. The van der Waals surface area contributed by atoms with Gasteiger partial charge in [-0.1, -0.05) is 6.92 Å². The lowest BCUT2D eigenvalue weighted by molar-refractivity contribution is 0.611. The highest BCUT2D eigenvalue weighted by atomic mass is 15.1. The average molecular weight is 167 g/mol. The molecule has 12 heavy (non-hydrogen) atoms. The number of aryl methyl sites for hydroxylation is 2. The van der Waals surface area contributed by atoms with E-state index in [2.05, 4.69) is 16.5 Å². The van der Waals surface area contributed by atoms with Crippen molar-refractivity contribution in [3.05, 3.63) is 17.7 Å². The summed E-state index contributed by atoms with van der Waals surface area (Å²) in [6.07, 6.45) is 4.03. The van der Waals surface area contributed by atoms with Gasteiger partial charge in [-0.15, -0.1) is 0 Å². The van der Waals surface area contributed by atoms with Crippen LogP contribution in [0.4, 0.5) is 0 Å². The van der Waals surface area contributed by atoms with Gasteiger partial charge in [0, 0.05) is 18.4 Å². The van der Waals surface area contributed by atoms with Crippen LogP contribution in [0.5, 0.6) is 0 Å². The second kappa shape index (κ2) is 4.26. The van der Waals surface area contributed by atoms with E-state index in [1.54, 1.807) is 0 Å². The highest BCUT2D eigenvalue weighted by molar-refractivity contribution is 5.03. The van der Waals surface area contributed by atoms with Crippen molar-refractivity contribution in [2.75, 3.05) is 6.54 Å². The third-order valence-electron chi connectivity index (χ3n) is 2.09. The molecule has 2 N–H and O–H groups in total. The minimum absolute atomic E-state index is 0.751. The smallest absolute Gasteiger partial charge is 0.105 e. The third-order valence-corrected chi connectivity index (χ3v) is 2.09. The van der Waals surface area contributed by atoms with Gasteiger partial charge in [0.15, 0.2) is 0 Å². The Labute approximate surface area is 73.6 Å². The Bertz CT molecular complexity index is 240. The van der Waals surface area contributed by atoms with E-state index in [1.807, 2.05) is 13.1 Å². The molecule has 0 aliphatic rings. The standard InChI is InChI=1S/C9H17N3/c1-3-9-7-11-8(2)12(9)6-4-5-10/h7H,3-6,10H2,1-2H3. The van der Waals surface area contributed by atoms with Crippen LogP contribution in [-0.2, 0) is 13.0 Å². The normalized spacial score (nSPS) is 10.6. The zero-order chi connectivity index (χ0) is 8.97. The molecule has 1 rings (SSSR count). The first-order valence-electron chi connectivity index (χ1n) is 4.50.